The summed E-state index contributed by atoms with van der Waals surface area (Å²) in [6.45, 7) is 9.72. The molecule has 2 saturated heterocycles. The molecule has 0 spiro atoms. The van der Waals surface area contributed by atoms with Gasteiger partial charge in [0.1, 0.15) is 48.1 Å². The van der Waals surface area contributed by atoms with E-state index < -0.39 is 130 Å². The summed E-state index contributed by atoms with van der Waals surface area (Å²) in [5.74, 6) is -6.86. The lowest BCUT2D eigenvalue weighted by molar-refractivity contribution is -0.271. The Bertz CT molecular complexity index is 3540. The first-order valence-corrected chi connectivity index (χ1v) is 28.5. The van der Waals surface area contributed by atoms with Gasteiger partial charge in [-0.15, -0.1) is 20.0 Å². The van der Waals surface area contributed by atoms with Crippen LogP contribution in [0.5, 0.6) is 34.5 Å². The number of azide groups is 1. The summed E-state index contributed by atoms with van der Waals surface area (Å²) in [6, 6.07) is 13.4. The Balaban J connectivity index is 1.13. The van der Waals surface area contributed by atoms with Gasteiger partial charge in [-0.05, 0) is 77.4 Å². The lowest BCUT2D eigenvalue weighted by atomic mass is 9.92. The fourth-order valence-electron chi connectivity index (χ4n) is 10.2. The number of amides is 2. The largest absolute Gasteiger partial charge is 0.501 e. The molecule has 0 aliphatic carbocycles. The molecular weight excluding hydrogens is 1180 g/mol. The van der Waals surface area contributed by atoms with E-state index in [4.69, 9.17) is 58.7 Å². The maximum Gasteiger partial charge on any atom is 0.501 e. The molecule has 2 amide bonds. The van der Waals surface area contributed by atoms with Gasteiger partial charge in [0.15, 0.2) is 41.0 Å². The summed E-state index contributed by atoms with van der Waals surface area (Å²) in [7, 11) is -2.55. The van der Waals surface area contributed by atoms with Crippen LogP contribution in [0.25, 0.3) is 32.1 Å². The highest BCUT2D eigenvalue weighted by Crippen LogP contribution is 2.48. The topological polar surface area (TPSA) is 418 Å². The summed E-state index contributed by atoms with van der Waals surface area (Å²) in [6.07, 6.45) is -20.3. The number of methoxy groups -OCH3 is 1. The lowest BCUT2D eigenvalue weighted by Gasteiger charge is -2.38. The van der Waals surface area contributed by atoms with Crippen LogP contribution in [-0.4, -0.2) is 204 Å². The lowest BCUT2D eigenvalue weighted by Crippen LogP contribution is -2.61. The number of nitrogens with one attached hydrogen (secondary N) is 1. The minimum atomic E-state index is -5.42. The van der Waals surface area contributed by atoms with Crippen molar-refractivity contribution in [1.29, 1.82) is 0 Å². The number of H-pyrrole nitrogens is 1. The molecular formula is C55H65ClN6O23S. The molecule has 11 atom stereocenters. The van der Waals surface area contributed by atoms with Gasteiger partial charge in [-0.1, -0.05) is 32.8 Å². The fraction of sp³-hybridized carbons (Fsp3) is 0.491. The van der Waals surface area contributed by atoms with Crippen LogP contribution >= 0.6 is 11.6 Å². The third-order valence-corrected chi connectivity index (χ3v) is 15.5. The first kappa shape index (κ1) is 64.5. The van der Waals surface area contributed by atoms with Crippen LogP contribution in [0.4, 0.5) is 5.69 Å². The zero-order valence-electron chi connectivity index (χ0n) is 47.3. The average molecular weight is 1250 g/mol. The number of halogens is 1. The van der Waals surface area contributed by atoms with Crippen molar-refractivity contribution in [3.63, 3.8) is 0 Å². The van der Waals surface area contributed by atoms with E-state index in [-0.39, 0.29) is 84.7 Å². The molecule has 8 rings (SSSR count). The Kier molecular flexibility index (Phi) is 19.4. The number of carboxylic acids is 2. The highest BCUT2D eigenvalue weighted by Gasteiger charge is 2.50. The third-order valence-electron chi connectivity index (χ3n) is 14.3. The number of aromatic amines is 1. The molecule has 466 valence electrons. The highest BCUT2D eigenvalue weighted by molar-refractivity contribution is 7.82. The Morgan fingerprint density at radius 2 is 1.40 bits per heavy atom. The van der Waals surface area contributed by atoms with Crippen LogP contribution < -0.4 is 32.2 Å². The summed E-state index contributed by atoms with van der Waals surface area (Å²) in [5, 5.41) is 87.1. The Hall–Kier alpha value is -7.45. The van der Waals surface area contributed by atoms with E-state index >= 15 is 0 Å². The summed E-state index contributed by atoms with van der Waals surface area (Å²) < 4.78 is 79.9. The molecule has 86 heavy (non-hydrogen) atoms. The van der Waals surface area contributed by atoms with Crippen LogP contribution in [-0.2, 0) is 34.2 Å². The number of carboxylic acid groups (broad SMARTS) is 2. The molecule has 31 heteroatoms. The molecule has 5 aromatic rings. The van der Waals surface area contributed by atoms with Gasteiger partial charge >= 0.3 is 22.3 Å². The predicted molar refractivity (Wildman–Crippen MR) is 301 cm³/mol. The average Bonchev–Trinajstić information content (AvgIpc) is 1.66. The van der Waals surface area contributed by atoms with Crippen molar-refractivity contribution < 1.29 is 110 Å². The monoisotopic (exact) mass is 1240 g/mol. The van der Waals surface area contributed by atoms with Crippen LogP contribution in [0.15, 0.2) is 65.8 Å². The standard InChI is InChI=1S/C55H65ClN6O23S/c1-8-79-36-15-26-13-32(59-31(26)17-37(36)81-53-45(68)41(64)43(66)47(83-53)51(73)74)49(70)62-20-27(19-56)39-30-16-28(77-7)10-11-29(30)35(18-33(39)62)84-86(75,76)85-38-14-25(9-12-34(38)80-52-44(67)40(63)42(65)46(82-52)50(71)72)48(69)61(6)22-55(4,5)24-78-23-54(2,3)21-58-60-57/h9-18,27,40-47,52-53,59,63-68H,8,19-24H2,1-7H3,(H,71,72)(H,73,74)/t27-,40+,41+,42+,43+,44-,45-,46+,47+,52-,53?/m1/s1. The van der Waals surface area contributed by atoms with Crippen molar-refractivity contribution in [2.75, 3.05) is 64.4 Å². The minimum absolute atomic E-state index is 0.0282. The van der Waals surface area contributed by atoms with E-state index in [9.17, 15) is 68.4 Å². The molecule has 0 bridgehead atoms. The number of aromatic nitrogens is 1. The van der Waals surface area contributed by atoms with E-state index in [1.807, 2.05) is 27.7 Å². The summed E-state index contributed by atoms with van der Waals surface area (Å²) >= 11 is 6.61. The van der Waals surface area contributed by atoms with Gasteiger partial charge in [-0.2, -0.15) is 0 Å². The van der Waals surface area contributed by atoms with E-state index in [2.05, 4.69) is 15.0 Å². The Morgan fingerprint density at radius 3 is 1.99 bits per heavy atom. The quantitative estimate of drug-likeness (QED) is 0.0185. The Labute approximate surface area is 495 Å². The number of aliphatic hydroxyl groups is 6. The molecule has 9 N–H and O–H groups in total. The smallest absolute Gasteiger partial charge is 0.497 e. The van der Waals surface area contributed by atoms with Gasteiger partial charge in [-0.3, -0.25) is 9.59 Å². The molecule has 3 aliphatic rings. The number of benzene rings is 4. The normalized spacial score (nSPS) is 24.1. The first-order valence-electron chi connectivity index (χ1n) is 26.6. The number of ether oxygens (including phenoxy) is 7. The molecule has 0 saturated carbocycles. The zero-order chi connectivity index (χ0) is 62.9. The number of hydrogen-bond acceptors (Lipinski definition) is 22. The van der Waals surface area contributed by atoms with E-state index in [1.165, 1.54) is 66.4 Å². The number of nitrogens with zero attached hydrogens (tertiary/aromatic N) is 5. The van der Waals surface area contributed by atoms with Crippen molar-refractivity contribution in [2.24, 2.45) is 15.9 Å². The number of carbonyl (C=O) groups excluding carboxylic acids is 2. The third kappa shape index (κ3) is 13.9. The van der Waals surface area contributed by atoms with Crippen LogP contribution in [0, 0.1) is 10.8 Å². The zero-order valence-corrected chi connectivity index (χ0v) is 48.9. The number of aliphatic carboxylic acids is 2. The minimum Gasteiger partial charge on any atom is -0.497 e. The van der Waals surface area contributed by atoms with Crippen molar-refractivity contribution in [3.05, 3.63) is 87.9 Å². The maximum atomic E-state index is 14.9. The number of carbonyl (C=O) groups is 4. The van der Waals surface area contributed by atoms with Gasteiger partial charge in [0, 0.05) is 82.8 Å². The van der Waals surface area contributed by atoms with Gasteiger partial charge in [0.25, 0.3) is 11.8 Å². The van der Waals surface area contributed by atoms with E-state index in [1.54, 1.807) is 13.0 Å². The highest BCUT2D eigenvalue weighted by atomic mass is 35.5. The van der Waals surface area contributed by atoms with E-state index in [0.29, 0.717) is 22.1 Å². The van der Waals surface area contributed by atoms with Crippen molar-refractivity contribution >= 4 is 73.1 Å². The van der Waals surface area contributed by atoms with Gasteiger partial charge in [0.2, 0.25) is 12.6 Å². The number of alkyl halides is 1. The summed E-state index contributed by atoms with van der Waals surface area (Å²) in [4.78, 5) is 61.4. The molecule has 4 heterocycles. The number of aliphatic hydroxyl groups excluding tert-OH is 6. The second kappa shape index (κ2) is 25.9. The number of fused-ring (bicyclic) bond motifs is 4. The number of anilines is 1. The van der Waals surface area contributed by atoms with Gasteiger partial charge in [-0.25, -0.2) is 9.59 Å². The van der Waals surface area contributed by atoms with Crippen molar-refractivity contribution in [3.8, 4) is 34.5 Å². The fourth-order valence-corrected chi connectivity index (χ4v) is 11.2. The van der Waals surface area contributed by atoms with Crippen molar-refractivity contribution in [2.45, 2.75) is 102 Å². The van der Waals surface area contributed by atoms with E-state index in [0.717, 1.165) is 12.1 Å². The molecule has 1 aromatic heterocycles. The number of rotatable bonds is 24. The molecule has 4 aromatic carbocycles. The molecule has 3 aliphatic heterocycles. The maximum absolute atomic E-state index is 14.9. The Morgan fingerprint density at radius 1 is 0.779 bits per heavy atom. The first-order chi connectivity index (χ1) is 40.5. The second-order valence-electron chi connectivity index (χ2n) is 22.3. The second-order valence-corrected chi connectivity index (χ2v) is 23.8. The van der Waals surface area contributed by atoms with Crippen LogP contribution in [0.1, 0.15) is 66.9 Å². The molecule has 1 unspecified atom stereocenters. The SMILES string of the molecule is CCOc1cc2cc(C(=O)N3C[C@@H](CCl)c4c3cc(OS(=O)(=O)Oc3cc(C(=O)N(C)CC(C)(C)COCC(C)(C)CN=[N+]=[N-])ccc3O[C@@H]3O[C@H](C(=O)O)[C@@H](O)[C@H](O)[C@H]3O)c3ccc(OC)cc43)[nH]c2cc1OC1O[C@H](C(=O)O)[C@@H](O)[C@H](O)[C@H]1O. The van der Waals surface area contributed by atoms with Gasteiger partial charge < -0.3 is 97.2 Å². The summed E-state index contributed by atoms with van der Waals surface area (Å²) in [5.41, 5.74) is 8.27. The van der Waals surface area contributed by atoms with Gasteiger partial charge in [0.05, 0.1) is 32.6 Å². The number of hydrogen-bond donors (Lipinski definition) is 9. The predicted octanol–water partition coefficient (Wildman–Crippen LogP) is 3.41. The van der Waals surface area contributed by atoms with Crippen LogP contribution in [0.3, 0.4) is 0 Å². The molecule has 0 radical (unpaired) electrons. The molecule has 2 fully saturated rings. The molecule has 29 nitrogen and oxygen atoms in total. The van der Waals surface area contributed by atoms with Crippen LogP contribution in [0.2, 0.25) is 0 Å². The van der Waals surface area contributed by atoms with Crippen molar-refractivity contribution in [1.82, 2.24) is 9.88 Å².